The lowest BCUT2D eigenvalue weighted by atomic mass is 10.1. The first kappa shape index (κ1) is 21.0. The molecular weight excluding hydrogens is 414 g/mol. The zero-order valence-corrected chi connectivity index (χ0v) is 17.8. The number of ether oxygens (including phenoxy) is 1. The number of urea groups is 1. The smallest absolute Gasteiger partial charge is 0.317 e. The van der Waals surface area contributed by atoms with Gasteiger partial charge in [0.2, 0.25) is 0 Å². The van der Waals surface area contributed by atoms with Gasteiger partial charge in [0.15, 0.2) is 0 Å². The number of hydrogen-bond acceptors (Lipinski definition) is 5. The van der Waals surface area contributed by atoms with E-state index < -0.39 is 5.91 Å². The highest BCUT2D eigenvalue weighted by Crippen LogP contribution is 2.38. The second-order valence-corrected chi connectivity index (χ2v) is 8.39. The largest absolute Gasteiger partial charge is 0.488 e. The summed E-state index contributed by atoms with van der Waals surface area (Å²) in [7, 11) is 0. The molecule has 0 bridgehead atoms. The van der Waals surface area contributed by atoms with Crippen LogP contribution in [0.2, 0.25) is 0 Å². The van der Waals surface area contributed by atoms with Gasteiger partial charge in [-0.05, 0) is 29.5 Å². The summed E-state index contributed by atoms with van der Waals surface area (Å²) >= 11 is 0.829. The van der Waals surface area contributed by atoms with E-state index in [0.717, 1.165) is 22.2 Å². The minimum Gasteiger partial charge on any atom is -0.488 e. The van der Waals surface area contributed by atoms with Crippen molar-refractivity contribution in [1.29, 1.82) is 0 Å². The lowest BCUT2D eigenvalue weighted by molar-refractivity contribution is -0.113. The van der Waals surface area contributed by atoms with Crippen molar-refractivity contribution in [3.05, 3.63) is 71.6 Å². The van der Waals surface area contributed by atoms with Crippen molar-refractivity contribution in [2.75, 3.05) is 18.0 Å². The summed E-state index contributed by atoms with van der Waals surface area (Å²) in [6.07, 6.45) is 1.22. The highest BCUT2D eigenvalue weighted by atomic mass is 32.2. The van der Waals surface area contributed by atoms with Gasteiger partial charge in [-0.3, -0.25) is 9.59 Å². The van der Waals surface area contributed by atoms with Crippen LogP contribution in [-0.4, -0.2) is 41.3 Å². The zero-order chi connectivity index (χ0) is 21.8. The first-order valence-electron chi connectivity index (χ1n) is 10.1. The van der Waals surface area contributed by atoms with Crippen LogP contribution in [0.3, 0.4) is 0 Å². The molecular formula is C23H23N3O4S. The Hall–Kier alpha value is -3.26. The Morgan fingerprint density at radius 2 is 1.74 bits per heavy atom. The van der Waals surface area contributed by atoms with Gasteiger partial charge >= 0.3 is 6.03 Å². The van der Waals surface area contributed by atoms with Crippen LogP contribution in [0.25, 0.3) is 0 Å². The van der Waals surface area contributed by atoms with Crippen LogP contribution in [0.4, 0.5) is 15.3 Å². The van der Waals surface area contributed by atoms with E-state index in [1.807, 2.05) is 30.3 Å². The molecule has 0 radical (unpaired) electrons. The topological polar surface area (TPSA) is 79.0 Å². The molecule has 2 aliphatic rings. The summed E-state index contributed by atoms with van der Waals surface area (Å²) in [5.41, 5.74) is 1.48. The number of imide groups is 1. The number of rotatable bonds is 5. The van der Waals surface area contributed by atoms with Crippen molar-refractivity contribution >= 4 is 34.6 Å². The maximum atomic E-state index is 12.4. The normalized spacial score (nSPS) is 17.2. The van der Waals surface area contributed by atoms with E-state index in [0.29, 0.717) is 43.9 Å². The summed E-state index contributed by atoms with van der Waals surface area (Å²) < 4.78 is 6.14. The van der Waals surface area contributed by atoms with Crippen molar-refractivity contribution in [1.82, 2.24) is 10.2 Å². The van der Waals surface area contributed by atoms with Crippen LogP contribution in [-0.2, 0) is 11.3 Å². The van der Waals surface area contributed by atoms with E-state index in [1.54, 1.807) is 29.2 Å². The molecule has 0 aromatic heterocycles. The second-order valence-electron chi connectivity index (χ2n) is 7.35. The number of benzene rings is 2. The van der Waals surface area contributed by atoms with E-state index in [1.165, 1.54) is 0 Å². The first-order valence-corrected chi connectivity index (χ1v) is 10.9. The van der Waals surface area contributed by atoms with Gasteiger partial charge < -0.3 is 15.0 Å². The standard InChI is InChI=1S/C23H23N3O4S/c1-16-21(27)26(23(29)31-16)19-9-5-6-10-20(19)30-18-11-13-25(14-12-18)22(28)24-15-17-7-3-2-4-8-17/h2-10,18H,1,11-15H2,(H,24,28). The molecule has 0 atom stereocenters. The Bertz CT molecular complexity index is 1000. The number of amides is 4. The average molecular weight is 438 g/mol. The minimum atomic E-state index is -0.420. The molecule has 4 rings (SSSR count). The SMILES string of the molecule is C=C1SC(=O)N(c2ccccc2OC2CCN(C(=O)NCc3ccccc3)CC2)C1=O. The van der Waals surface area contributed by atoms with E-state index in [9.17, 15) is 14.4 Å². The minimum absolute atomic E-state index is 0.0912. The highest BCUT2D eigenvalue weighted by molar-refractivity contribution is 8.18. The molecule has 2 aromatic carbocycles. The summed E-state index contributed by atoms with van der Waals surface area (Å²) in [6, 6.07) is 16.7. The molecule has 31 heavy (non-hydrogen) atoms. The van der Waals surface area contributed by atoms with E-state index in [2.05, 4.69) is 11.9 Å². The molecule has 4 amide bonds. The van der Waals surface area contributed by atoms with Crippen LogP contribution in [0.1, 0.15) is 18.4 Å². The van der Waals surface area contributed by atoms with E-state index in [4.69, 9.17) is 4.74 Å². The summed E-state index contributed by atoms with van der Waals surface area (Å²) in [4.78, 5) is 40.1. The van der Waals surface area contributed by atoms with Gasteiger partial charge in [0.25, 0.3) is 11.1 Å². The molecule has 0 saturated carbocycles. The Balaban J connectivity index is 1.33. The van der Waals surface area contributed by atoms with Crippen LogP contribution < -0.4 is 15.0 Å². The lowest BCUT2D eigenvalue weighted by Gasteiger charge is -2.32. The van der Waals surface area contributed by atoms with E-state index >= 15 is 0 Å². The van der Waals surface area contributed by atoms with Gasteiger partial charge in [0, 0.05) is 32.5 Å². The Morgan fingerprint density at radius 3 is 2.42 bits per heavy atom. The summed E-state index contributed by atoms with van der Waals surface area (Å²) in [6.45, 7) is 5.27. The molecule has 160 valence electrons. The van der Waals surface area contributed by atoms with Gasteiger partial charge in [0.05, 0.1) is 10.6 Å². The molecule has 7 nitrogen and oxygen atoms in total. The fourth-order valence-electron chi connectivity index (χ4n) is 3.59. The van der Waals surface area contributed by atoms with Crippen molar-refractivity contribution in [3.63, 3.8) is 0 Å². The zero-order valence-electron chi connectivity index (χ0n) is 17.0. The number of nitrogens with zero attached hydrogens (tertiary/aromatic N) is 2. The van der Waals surface area contributed by atoms with Crippen molar-refractivity contribution < 1.29 is 19.1 Å². The Morgan fingerprint density at radius 1 is 1.06 bits per heavy atom. The van der Waals surface area contributed by atoms with Crippen molar-refractivity contribution in [2.24, 2.45) is 0 Å². The van der Waals surface area contributed by atoms with Crippen LogP contribution >= 0.6 is 11.8 Å². The number of piperidine rings is 1. The quantitative estimate of drug-likeness (QED) is 0.711. The lowest BCUT2D eigenvalue weighted by Crippen LogP contribution is -2.46. The van der Waals surface area contributed by atoms with Crippen LogP contribution in [0.5, 0.6) is 5.75 Å². The fourth-order valence-corrected chi connectivity index (χ4v) is 4.26. The van der Waals surface area contributed by atoms with Crippen LogP contribution in [0.15, 0.2) is 66.1 Å². The average Bonchev–Trinajstić information content (AvgIpc) is 3.05. The monoisotopic (exact) mass is 437 g/mol. The predicted molar refractivity (Wildman–Crippen MR) is 120 cm³/mol. The van der Waals surface area contributed by atoms with Gasteiger partial charge in [-0.15, -0.1) is 0 Å². The first-order chi connectivity index (χ1) is 15.0. The Labute approximate surface area is 185 Å². The molecule has 1 N–H and O–H groups in total. The number of carbonyl (C=O) groups is 3. The van der Waals surface area contributed by atoms with Crippen molar-refractivity contribution in [3.8, 4) is 5.75 Å². The maximum absolute atomic E-state index is 12.4. The molecule has 2 aromatic rings. The van der Waals surface area contributed by atoms with Crippen LogP contribution in [0, 0.1) is 0 Å². The number of nitrogens with one attached hydrogen (secondary N) is 1. The molecule has 0 aliphatic carbocycles. The van der Waals surface area contributed by atoms with Gasteiger partial charge in [-0.25, -0.2) is 9.69 Å². The maximum Gasteiger partial charge on any atom is 0.317 e. The third-order valence-electron chi connectivity index (χ3n) is 5.25. The van der Waals surface area contributed by atoms with Gasteiger partial charge in [-0.2, -0.15) is 0 Å². The summed E-state index contributed by atoms with van der Waals surface area (Å²) in [5.74, 6) is 0.0578. The number of likely N-dealkylation sites (tertiary alicyclic amines) is 1. The van der Waals surface area contributed by atoms with Crippen molar-refractivity contribution in [2.45, 2.75) is 25.5 Å². The molecule has 0 unspecified atom stereocenters. The number of hydrogen-bond donors (Lipinski definition) is 1. The number of carbonyl (C=O) groups excluding carboxylic acids is 3. The third-order valence-corrected chi connectivity index (χ3v) is 6.03. The molecule has 0 spiro atoms. The number of anilines is 1. The molecule has 2 fully saturated rings. The predicted octanol–water partition coefficient (Wildman–Crippen LogP) is 4.15. The molecule has 2 aliphatic heterocycles. The van der Waals surface area contributed by atoms with Gasteiger partial charge in [0.1, 0.15) is 11.9 Å². The molecule has 2 saturated heterocycles. The number of para-hydroxylation sites is 2. The summed E-state index contributed by atoms with van der Waals surface area (Å²) in [5, 5.41) is 2.57. The number of thioether (sulfide) groups is 1. The highest BCUT2D eigenvalue weighted by Gasteiger charge is 2.37. The molecule has 2 heterocycles. The van der Waals surface area contributed by atoms with Gasteiger partial charge in [-0.1, -0.05) is 49.0 Å². The van der Waals surface area contributed by atoms with E-state index in [-0.39, 0.29) is 22.3 Å². The third kappa shape index (κ3) is 4.74. The molecule has 8 heteroatoms. The second kappa shape index (κ2) is 9.26. The Kier molecular flexibility index (Phi) is 6.27. The fraction of sp³-hybridized carbons (Fsp3) is 0.261.